The largest absolute Gasteiger partial charge is 0.490 e. The lowest BCUT2D eigenvalue weighted by Gasteiger charge is -2.23. The van der Waals surface area contributed by atoms with Gasteiger partial charge < -0.3 is 19.7 Å². The van der Waals surface area contributed by atoms with Gasteiger partial charge in [0.2, 0.25) is 0 Å². The van der Waals surface area contributed by atoms with Crippen molar-refractivity contribution in [1.82, 2.24) is 5.32 Å². The van der Waals surface area contributed by atoms with E-state index >= 15 is 0 Å². The predicted molar refractivity (Wildman–Crippen MR) is 134 cm³/mol. The molecule has 3 rings (SSSR count). The number of hydrogen-bond acceptors (Lipinski definition) is 4. The van der Waals surface area contributed by atoms with E-state index in [4.69, 9.17) is 9.47 Å². The third-order valence-corrected chi connectivity index (χ3v) is 5.30. The second kappa shape index (κ2) is 13.3. The van der Waals surface area contributed by atoms with Gasteiger partial charge in [-0.05, 0) is 46.3 Å². The van der Waals surface area contributed by atoms with Gasteiger partial charge in [-0.25, -0.2) is 9.36 Å². The highest BCUT2D eigenvalue weighted by Gasteiger charge is 2.21. The molecular formula is C26H29BrN3O4+. The van der Waals surface area contributed by atoms with Gasteiger partial charge >= 0.3 is 6.09 Å². The van der Waals surface area contributed by atoms with Crippen molar-refractivity contribution in [3.05, 3.63) is 89.2 Å². The Bertz CT molecular complexity index is 1060. The Morgan fingerprint density at radius 1 is 1.00 bits per heavy atom. The van der Waals surface area contributed by atoms with Crippen LogP contribution in [0.25, 0.3) is 0 Å². The van der Waals surface area contributed by atoms with Crippen LogP contribution in [-0.4, -0.2) is 38.3 Å². The molecule has 0 atom stereocenters. The molecular weight excluding hydrogens is 498 g/mol. The minimum absolute atomic E-state index is 0.123. The standard InChI is InChI=1S/C26H28BrN3O4/c1-2-14-29-19-21(18-22(27)20-29)25(31)30(23-9-5-3-6-10-23)15-13-28-26(32)34-17-16-33-24-11-7-4-8-12-24/h3-12,18-20H,2,13-17H2,1H3/p+1. The van der Waals surface area contributed by atoms with Crippen molar-refractivity contribution in [3.63, 3.8) is 0 Å². The van der Waals surface area contributed by atoms with E-state index in [-0.39, 0.29) is 25.7 Å². The third-order valence-electron chi connectivity index (χ3n) is 4.86. The highest BCUT2D eigenvalue weighted by molar-refractivity contribution is 9.10. The number of amides is 2. The number of aromatic nitrogens is 1. The maximum atomic E-state index is 13.4. The summed E-state index contributed by atoms with van der Waals surface area (Å²) in [5, 5.41) is 2.71. The van der Waals surface area contributed by atoms with E-state index < -0.39 is 6.09 Å². The lowest BCUT2D eigenvalue weighted by Crippen LogP contribution is -2.41. The first-order valence-electron chi connectivity index (χ1n) is 11.2. The molecule has 34 heavy (non-hydrogen) atoms. The smallest absolute Gasteiger partial charge is 0.407 e. The molecule has 2 amide bonds. The number of nitrogens with zero attached hydrogens (tertiary/aromatic N) is 2. The number of carbonyl (C=O) groups excluding carboxylic acids is 2. The number of benzene rings is 2. The predicted octanol–water partition coefficient (Wildman–Crippen LogP) is 4.60. The minimum atomic E-state index is -0.555. The number of aryl methyl sites for hydroxylation is 1. The van der Waals surface area contributed by atoms with Crippen molar-refractivity contribution in [2.24, 2.45) is 0 Å². The molecule has 0 aliphatic heterocycles. The first kappa shape index (κ1) is 25.2. The molecule has 0 fully saturated rings. The third kappa shape index (κ3) is 7.88. The topological polar surface area (TPSA) is 71.8 Å². The molecule has 2 aromatic carbocycles. The number of nitrogens with one attached hydrogen (secondary N) is 1. The van der Waals surface area contributed by atoms with Gasteiger partial charge in [0.15, 0.2) is 12.4 Å². The fraction of sp³-hybridized carbons (Fsp3) is 0.269. The number of carbonyl (C=O) groups is 2. The Labute approximate surface area is 208 Å². The van der Waals surface area contributed by atoms with E-state index in [9.17, 15) is 9.59 Å². The Balaban J connectivity index is 1.56. The number of hydrogen-bond donors (Lipinski definition) is 1. The van der Waals surface area contributed by atoms with Crippen LogP contribution in [0.2, 0.25) is 0 Å². The molecule has 1 heterocycles. The fourth-order valence-corrected chi connectivity index (χ4v) is 3.85. The van der Waals surface area contributed by atoms with Crippen LogP contribution >= 0.6 is 15.9 Å². The summed E-state index contributed by atoms with van der Waals surface area (Å²) in [6, 6.07) is 20.5. The molecule has 178 valence electrons. The number of anilines is 1. The van der Waals surface area contributed by atoms with Gasteiger partial charge in [-0.2, -0.15) is 0 Å². The summed E-state index contributed by atoms with van der Waals surface area (Å²) in [5.74, 6) is 0.570. The molecule has 8 heteroatoms. The summed E-state index contributed by atoms with van der Waals surface area (Å²) < 4.78 is 13.5. The van der Waals surface area contributed by atoms with Crippen LogP contribution in [0.4, 0.5) is 10.5 Å². The number of para-hydroxylation sites is 2. The zero-order valence-electron chi connectivity index (χ0n) is 19.2. The van der Waals surface area contributed by atoms with Gasteiger partial charge in [0.25, 0.3) is 5.91 Å². The van der Waals surface area contributed by atoms with Crippen LogP contribution in [-0.2, 0) is 11.3 Å². The van der Waals surface area contributed by atoms with E-state index in [0.29, 0.717) is 12.1 Å². The van der Waals surface area contributed by atoms with Crippen LogP contribution in [0.3, 0.4) is 0 Å². The first-order chi connectivity index (χ1) is 16.6. The maximum absolute atomic E-state index is 13.4. The number of alkyl carbamates (subject to hydrolysis) is 1. The highest BCUT2D eigenvalue weighted by atomic mass is 79.9. The molecule has 1 aromatic heterocycles. The number of ether oxygens (including phenoxy) is 2. The zero-order chi connectivity index (χ0) is 24.2. The number of rotatable bonds is 11. The molecule has 3 aromatic rings. The molecule has 0 aliphatic rings. The summed E-state index contributed by atoms with van der Waals surface area (Å²) in [6.07, 6.45) is 4.20. The number of pyridine rings is 1. The molecule has 1 N–H and O–H groups in total. The van der Waals surface area contributed by atoms with Crippen molar-refractivity contribution in [3.8, 4) is 5.75 Å². The monoisotopic (exact) mass is 526 g/mol. The van der Waals surface area contributed by atoms with Gasteiger partial charge in [0, 0.05) is 25.2 Å². The van der Waals surface area contributed by atoms with Gasteiger partial charge in [0.1, 0.15) is 31.1 Å². The van der Waals surface area contributed by atoms with E-state index in [0.717, 1.165) is 28.9 Å². The summed E-state index contributed by atoms with van der Waals surface area (Å²) in [7, 11) is 0. The van der Waals surface area contributed by atoms with Crippen molar-refractivity contribution in [1.29, 1.82) is 0 Å². The molecule has 0 saturated heterocycles. The molecule has 0 radical (unpaired) electrons. The summed E-state index contributed by atoms with van der Waals surface area (Å²) in [4.78, 5) is 27.1. The Morgan fingerprint density at radius 3 is 2.41 bits per heavy atom. The number of halogens is 1. The Morgan fingerprint density at radius 2 is 1.71 bits per heavy atom. The second-order valence-electron chi connectivity index (χ2n) is 7.50. The minimum Gasteiger partial charge on any atom is -0.490 e. The zero-order valence-corrected chi connectivity index (χ0v) is 20.7. The maximum Gasteiger partial charge on any atom is 0.407 e. The molecule has 0 saturated carbocycles. The van der Waals surface area contributed by atoms with Crippen LogP contribution in [0.1, 0.15) is 23.7 Å². The van der Waals surface area contributed by atoms with Gasteiger partial charge in [-0.15, -0.1) is 0 Å². The van der Waals surface area contributed by atoms with Crippen molar-refractivity contribution >= 4 is 33.6 Å². The normalized spacial score (nSPS) is 10.4. The van der Waals surface area contributed by atoms with Crippen LogP contribution in [0, 0.1) is 0 Å². The molecule has 0 spiro atoms. The van der Waals surface area contributed by atoms with Crippen LogP contribution in [0.15, 0.2) is 83.6 Å². The lowest BCUT2D eigenvalue weighted by atomic mass is 10.2. The Hall–Kier alpha value is -3.39. The average Bonchev–Trinajstić information content (AvgIpc) is 2.85. The SMILES string of the molecule is CCC[n+]1cc(Br)cc(C(=O)N(CCNC(=O)OCCOc2ccccc2)c2ccccc2)c1. The fourth-order valence-electron chi connectivity index (χ4n) is 3.34. The summed E-state index contributed by atoms with van der Waals surface area (Å²) in [6.45, 7) is 3.81. The summed E-state index contributed by atoms with van der Waals surface area (Å²) >= 11 is 3.50. The molecule has 0 bridgehead atoms. The van der Waals surface area contributed by atoms with Crippen LogP contribution < -0.4 is 19.5 Å². The van der Waals surface area contributed by atoms with Gasteiger partial charge in [0.05, 0.1) is 4.47 Å². The molecule has 0 unspecified atom stereocenters. The van der Waals surface area contributed by atoms with Gasteiger partial charge in [-0.3, -0.25) is 4.79 Å². The quantitative estimate of drug-likeness (QED) is 0.292. The highest BCUT2D eigenvalue weighted by Crippen LogP contribution is 2.18. The van der Waals surface area contributed by atoms with E-state index in [2.05, 4.69) is 28.2 Å². The average molecular weight is 527 g/mol. The van der Waals surface area contributed by atoms with Crippen LogP contribution in [0.5, 0.6) is 5.75 Å². The summed E-state index contributed by atoms with van der Waals surface area (Å²) in [5.41, 5.74) is 1.31. The molecule has 7 nitrogen and oxygen atoms in total. The Kier molecular flexibility index (Phi) is 9.91. The second-order valence-corrected chi connectivity index (χ2v) is 8.41. The van der Waals surface area contributed by atoms with Crippen molar-refractivity contribution < 1.29 is 23.6 Å². The van der Waals surface area contributed by atoms with Gasteiger partial charge in [-0.1, -0.05) is 43.3 Å². The van der Waals surface area contributed by atoms with E-state index in [1.807, 2.05) is 77.6 Å². The molecule has 0 aliphatic carbocycles. The van der Waals surface area contributed by atoms with Crippen molar-refractivity contribution in [2.45, 2.75) is 19.9 Å². The van der Waals surface area contributed by atoms with Crippen molar-refractivity contribution in [2.75, 3.05) is 31.2 Å². The van der Waals surface area contributed by atoms with E-state index in [1.54, 1.807) is 11.0 Å². The lowest BCUT2D eigenvalue weighted by molar-refractivity contribution is -0.697. The first-order valence-corrected chi connectivity index (χ1v) is 12.0. The van der Waals surface area contributed by atoms with E-state index in [1.165, 1.54) is 0 Å².